The maximum absolute atomic E-state index is 12.1. The normalized spacial score (nSPS) is 22.8. The molecule has 0 saturated carbocycles. The highest BCUT2D eigenvalue weighted by atomic mass is 35.5. The fraction of sp³-hybridized carbons (Fsp3) is 0.278. The van der Waals surface area contributed by atoms with Gasteiger partial charge in [0.05, 0.1) is 6.61 Å². The Balaban J connectivity index is 2.10. The highest BCUT2D eigenvalue weighted by Crippen LogP contribution is 2.44. The molecule has 0 radical (unpaired) electrons. The fourth-order valence-corrected chi connectivity index (χ4v) is 2.85. The largest absolute Gasteiger partial charge is 0.461 e. The monoisotopic (exact) mass is 332 g/mol. The van der Waals surface area contributed by atoms with Crippen molar-refractivity contribution >= 4 is 17.6 Å². The molecule has 2 aromatic rings. The first kappa shape index (κ1) is 15.8. The van der Waals surface area contributed by atoms with Crippen LogP contribution >= 0.6 is 11.6 Å². The van der Waals surface area contributed by atoms with E-state index in [1.165, 1.54) is 0 Å². The van der Waals surface area contributed by atoms with Gasteiger partial charge in [-0.3, -0.25) is 0 Å². The molecule has 1 aliphatic heterocycles. The predicted molar refractivity (Wildman–Crippen MR) is 86.5 cm³/mol. The summed E-state index contributed by atoms with van der Waals surface area (Å²) in [7, 11) is 0. The highest BCUT2D eigenvalue weighted by molar-refractivity contribution is 6.30. The number of carbonyl (C=O) groups excluding carboxylic acids is 1. The molecule has 1 aliphatic rings. The van der Waals surface area contributed by atoms with Crippen molar-refractivity contribution in [1.29, 1.82) is 0 Å². The lowest BCUT2D eigenvalue weighted by atomic mass is 9.86. The van der Waals surface area contributed by atoms with Crippen LogP contribution in [0.25, 0.3) is 0 Å². The third-order valence-electron chi connectivity index (χ3n) is 3.84. The first-order chi connectivity index (χ1) is 11.0. The Bertz CT molecular complexity index is 716. The molecule has 3 rings (SSSR count). The van der Waals surface area contributed by atoms with Gasteiger partial charge in [0.15, 0.2) is 0 Å². The van der Waals surface area contributed by atoms with Gasteiger partial charge in [0, 0.05) is 10.6 Å². The van der Waals surface area contributed by atoms with Crippen LogP contribution in [0.5, 0.6) is 5.75 Å². The molecular formula is C18H17ClO4. The van der Waals surface area contributed by atoms with E-state index in [2.05, 4.69) is 0 Å². The molecule has 0 saturated heterocycles. The quantitative estimate of drug-likeness (QED) is 0.800. The van der Waals surface area contributed by atoms with Crippen LogP contribution in [-0.4, -0.2) is 18.9 Å². The third kappa shape index (κ3) is 2.92. The summed E-state index contributed by atoms with van der Waals surface area (Å²) in [4.78, 5) is 12.1. The summed E-state index contributed by atoms with van der Waals surface area (Å²) in [5.41, 5.74) is 0.815. The number of hydrogen-bond acceptors (Lipinski definition) is 4. The molecule has 2 aromatic carbocycles. The van der Waals surface area contributed by atoms with E-state index >= 15 is 0 Å². The second-order valence-corrected chi connectivity index (χ2v) is 5.80. The van der Waals surface area contributed by atoms with Gasteiger partial charge in [0.2, 0.25) is 0 Å². The number of halogens is 1. The van der Waals surface area contributed by atoms with Gasteiger partial charge in [-0.25, -0.2) is 4.79 Å². The minimum atomic E-state index is -1.12. The molecule has 0 amide bonds. The van der Waals surface area contributed by atoms with Crippen LogP contribution in [0.2, 0.25) is 5.02 Å². The summed E-state index contributed by atoms with van der Waals surface area (Å²) in [6.07, 6.45) is -1.12. The van der Waals surface area contributed by atoms with Crippen molar-refractivity contribution in [2.75, 3.05) is 6.61 Å². The van der Waals surface area contributed by atoms with Crippen LogP contribution in [0.15, 0.2) is 48.5 Å². The molecule has 1 heterocycles. The molecule has 0 aliphatic carbocycles. The first-order valence-corrected chi connectivity index (χ1v) is 7.79. The van der Waals surface area contributed by atoms with Gasteiger partial charge in [-0.05, 0) is 37.6 Å². The Morgan fingerprint density at radius 2 is 2.00 bits per heavy atom. The van der Waals surface area contributed by atoms with Crippen molar-refractivity contribution in [3.8, 4) is 5.75 Å². The maximum atomic E-state index is 12.1. The summed E-state index contributed by atoms with van der Waals surface area (Å²) in [6, 6.07) is 14.9. The summed E-state index contributed by atoms with van der Waals surface area (Å²) < 4.78 is 16.7. The summed E-state index contributed by atoms with van der Waals surface area (Å²) in [5.74, 6) is 0.0142. The fourth-order valence-electron chi connectivity index (χ4n) is 2.68. The molecule has 4 nitrogen and oxygen atoms in total. The average molecular weight is 333 g/mol. The molecule has 23 heavy (non-hydrogen) atoms. The zero-order chi connectivity index (χ0) is 16.4. The van der Waals surface area contributed by atoms with Gasteiger partial charge in [-0.2, -0.15) is 0 Å². The maximum Gasteiger partial charge on any atom is 0.376 e. The van der Waals surface area contributed by atoms with E-state index in [4.69, 9.17) is 25.8 Å². The van der Waals surface area contributed by atoms with Gasteiger partial charge in [-0.1, -0.05) is 41.9 Å². The first-order valence-electron chi connectivity index (χ1n) is 7.41. The van der Waals surface area contributed by atoms with Crippen molar-refractivity contribution in [3.05, 3.63) is 64.7 Å². The molecule has 0 spiro atoms. The summed E-state index contributed by atoms with van der Waals surface area (Å²) in [5, 5.41) is 0.577. The Hall–Kier alpha value is -2.04. The Labute approximate surface area is 139 Å². The molecule has 0 fully saturated rings. The third-order valence-corrected chi connectivity index (χ3v) is 4.07. The van der Waals surface area contributed by atoms with Crippen LogP contribution < -0.4 is 4.74 Å². The molecule has 2 unspecified atom stereocenters. The number of benzene rings is 2. The number of hydrogen-bond donors (Lipinski definition) is 0. The molecule has 0 bridgehead atoms. The summed E-state index contributed by atoms with van der Waals surface area (Å²) in [6.45, 7) is 3.90. The van der Waals surface area contributed by atoms with Crippen LogP contribution in [-0.2, 0) is 19.9 Å². The number of rotatable bonds is 3. The average Bonchev–Trinajstić information content (AvgIpc) is 2.56. The van der Waals surface area contributed by atoms with Crippen LogP contribution in [0.4, 0.5) is 0 Å². The van der Waals surface area contributed by atoms with Crippen LogP contribution in [0.3, 0.4) is 0 Å². The van der Waals surface area contributed by atoms with Crippen molar-refractivity contribution in [1.82, 2.24) is 0 Å². The smallest absolute Gasteiger partial charge is 0.376 e. The molecule has 0 N–H and O–H groups in total. The van der Waals surface area contributed by atoms with Crippen molar-refractivity contribution in [2.24, 2.45) is 0 Å². The highest BCUT2D eigenvalue weighted by Gasteiger charge is 2.43. The Kier molecular flexibility index (Phi) is 4.28. The van der Waals surface area contributed by atoms with E-state index in [0.717, 1.165) is 11.1 Å². The van der Waals surface area contributed by atoms with E-state index in [0.29, 0.717) is 10.8 Å². The zero-order valence-electron chi connectivity index (χ0n) is 12.9. The SMILES string of the molecule is CCOC(=O)C1Oc2ccc(Cl)cc2C(C)(c2ccccc2)O1. The lowest BCUT2D eigenvalue weighted by molar-refractivity contribution is -0.205. The molecule has 2 atom stereocenters. The second kappa shape index (κ2) is 6.22. The van der Waals surface area contributed by atoms with Crippen LogP contribution in [0.1, 0.15) is 25.0 Å². The van der Waals surface area contributed by atoms with E-state index in [1.807, 2.05) is 37.3 Å². The lowest BCUT2D eigenvalue weighted by Crippen LogP contribution is -2.45. The molecular weight excluding hydrogens is 316 g/mol. The number of carbonyl (C=O) groups is 1. The van der Waals surface area contributed by atoms with Gasteiger partial charge in [0.25, 0.3) is 0 Å². The van der Waals surface area contributed by atoms with E-state index < -0.39 is 17.9 Å². The van der Waals surface area contributed by atoms with Crippen molar-refractivity contribution in [3.63, 3.8) is 0 Å². The van der Waals surface area contributed by atoms with Gasteiger partial charge in [-0.15, -0.1) is 0 Å². The van der Waals surface area contributed by atoms with Gasteiger partial charge < -0.3 is 14.2 Å². The minimum Gasteiger partial charge on any atom is -0.461 e. The van der Waals surface area contributed by atoms with E-state index in [-0.39, 0.29) is 6.61 Å². The number of fused-ring (bicyclic) bond motifs is 1. The summed E-state index contributed by atoms with van der Waals surface area (Å²) >= 11 is 6.14. The standard InChI is InChI=1S/C18H17ClO4/c1-3-21-16(20)17-22-15-10-9-13(19)11-14(15)18(2,23-17)12-7-5-4-6-8-12/h4-11,17H,3H2,1-2H3. The molecule has 120 valence electrons. The van der Waals surface area contributed by atoms with Crippen molar-refractivity contribution in [2.45, 2.75) is 25.7 Å². The Morgan fingerprint density at radius 1 is 1.26 bits per heavy atom. The lowest BCUT2D eigenvalue weighted by Gasteiger charge is -2.39. The molecule has 5 heteroatoms. The van der Waals surface area contributed by atoms with Gasteiger partial charge >= 0.3 is 12.3 Å². The zero-order valence-corrected chi connectivity index (χ0v) is 13.7. The van der Waals surface area contributed by atoms with Crippen molar-refractivity contribution < 1.29 is 19.0 Å². The predicted octanol–water partition coefficient (Wildman–Crippen LogP) is 3.90. The van der Waals surface area contributed by atoms with E-state index in [1.54, 1.807) is 25.1 Å². The second-order valence-electron chi connectivity index (χ2n) is 5.36. The minimum absolute atomic E-state index is 0.261. The number of ether oxygens (including phenoxy) is 3. The Morgan fingerprint density at radius 3 is 2.70 bits per heavy atom. The van der Waals surface area contributed by atoms with Gasteiger partial charge in [0.1, 0.15) is 11.4 Å². The topological polar surface area (TPSA) is 44.8 Å². The molecule has 0 aromatic heterocycles. The van der Waals surface area contributed by atoms with E-state index in [9.17, 15) is 4.79 Å². The van der Waals surface area contributed by atoms with Crippen LogP contribution in [0, 0.1) is 0 Å². The number of esters is 1.